The molecule has 1 atom stereocenters. The van der Waals surface area contributed by atoms with E-state index in [9.17, 15) is 13.2 Å². The van der Waals surface area contributed by atoms with Crippen molar-refractivity contribution in [3.05, 3.63) is 40.4 Å². The van der Waals surface area contributed by atoms with Gasteiger partial charge in [0.25, 0.3) is 0 Å². The van der Waals surface area contributed by atoms with Crippen LogP contribution in [0, 0.1) is 0 Å². The van der Waals surface area contributed by atoms with E-state index >= 15 is 0 Å². The maximum Gasteiger partial charge on any atom is 0.244 e. The molecule has 0 spiro atoms. The molecular weight excluding hydrogens is 370 g/mol. The van der Waals surface area contributed by atoms with Crippen molar-refractivity contribution < 1.29 is 13.2 Å². The predicted molar refractivity (Wildman–Crippen MR) is 96.1 cm³/mol. The summed E-state index contributed by atoms with van der Waals surface area (Å²) in [5.74, 6) is -0.218. The van der Waals surface area contributed by atoms with Gasteiger partial charge in [0.05, 0.1) is 16.6 Å². The lowest BCUT2D eigenvalue weighted by Gasteiger charge is -2.13. The van der Waals surface area contributed by atoms with Crippen LogP contribution in [0.5, 0.6) is 0 Å². The highest BCUT2D eigenvalue weighted by molar-refractivity contribution is 7.89. The molecule has 0 saturated heterocycles. The second kappa shape index (κ2) is 7.60. The van der Waals surface area contributed by atoms with Crippen LogP contribution in [0.4, 0.5) is 5.13 Å². The third kappa shape index (κ3) is 4.76. The topological polar surface area (TPSA) is 88.2 Å². The number of benzene rings is 1. The third-order valence-corrected chi connectivity index (χ3v) is 5.78. The largest absolute Gasteiger partial charge is 0.301 e. The summed E-state index contributed by atoms with van der Waals surface area (Å²) in [5.41, 5.74) is 0.879. The lowest BCUT2D eigenvalue weighted by atomic mass is 10.2. The highest BCUT2D eigenvalue weighted by Gasteiger charge is 2.22. The Morgan fingerprint density at radius 2 is 1.83 bits per heavy atom. The lowest BCUT2D eigenvalue weighted by molar-refractivity contribution is -0.117. The first-order valence-electron chi connectivity index (χ1n) is 7.23. The fraction of sp³-hybridized carbons (Fsp3) is 0.333. The number of anilines is 1. The van der Waals surface area contributed by atoms with E-state index in [2.05, 4.69) is 15.0 Å². The average molecular weight is 388 g/mol. The summed E-state index contributed by atoms with van der Waals surface area (Å²) in [6.07, 6.45) is 0. The van der Waals surface area contributed by atoms with Gasteiger partial charge in [0.1, 0.15) is 0 Å². The van der Waals surface area contributed by atoms with Gasteiger partial charge in [-0.05, 0) is 37.1 Å². The summed E-state index contributed by atoms with van der Waals surface area (Å²) in [6.45, 7) is 5.48. The number of hydrogen-bond donors (Lipinski definition) is 2. The molecule has 0 fully saturated rings. The monoisotopic (exact) mass is 387 g/mol. The zero-order valence-electron chi connectivity index (χ0n) is 13.4. The second-order valence-corrected chi connectivity index (χ2v) is 8.53. The molecule has 1 aromatic heterocycles. The van der Waals surface area contributed by atoms with Crippen LogP contribution in [0.3, 0.4) is 0 Å². The van der Waals surface area contributed by atoms with Crippen molar-refractivity contribution in [2.75, 3.05) is 5.32 Å². The summed E-state index contributed by atoms with van der Waals surface area (Å²) in [4.78, 5) is 16.5. The number of nitrogens with one attached hydrogen (secondary N) is 2. The Kier molecular flexibility index (Phi) is 5.97. The molecule has 0 bridgehead atoms. The van der Waals surface area contributed by atoms with Crippen LogP contribution in [0.2, 0.25) is 5.02 Å². The zero-order chi connectivity index (χ0) is 17.9. The van der Waals surface area contributed by atoms with Crippen LogP contribution in [0.15, 0.2) is 34.5 Å². The standard InChI is InChI=1S/C15H18ClN3O3S2/c1-9(2)13-8-23-15(17-13)18-14(20)10(3)19-24(21,22)12-6-4-11(16)5-7-12/h4-10,19H,1-3H3,(H,17,18,20)/t10-/m0/s1. The summed E-state index contributed by atoms with van der Waals surface area (Å²) in [7, 11) is -3.81. The van der Waals surface area contributed by atoms with Gasteiger partial charge in [-0.2, -0.15) is 4.72 Å². The van der Waals surface area contributed by atoms with Crippen LogP contribution in [0.25, 0.3) is 0 Å². The summed E-state index contributed by atoms with van der Waals surface area (Å²) < 4.78 is 26.8. The number of aromatic nitrogens is 1. The van der Waals surface area contributed by atoms with Gasteiger partial charge in [-0.25, -0.2) is 13.4 Å². The van der Waals surface area contributed by atoms with Crippen molar-refractivity contribution in [3.63, 3.8) is 0 Å². The Morgan fingerprint density at radius 3 is 2.38 bits per heavy atom. The maximum absolute atomic E-state index is 12.3. The fourth-order valence-electron chi connectivity index (χ4n) is 1.79. The number of nitrogens with zero attached hydrogens (tertiary/aromatic N) is 1. The number of carbonyl (C=O) groups is 1. The minimum absolute atomic E-state index is 0.0443. The van der Waals surface area contributed by atoms with Crippen molar-refractivity contribution in [1.82, 2.24) is 9.71 Å². The first-order valence-corrected chi connectivity index (χ1v) is 9.97. The molecule has 6 nitrogen and oxygen atoms in total. The molecule has 0 radical (unpaired) electrons. The molecule has 2 rings (SSSR count). The first kappa shape index (κ1) is 18.9. The molecule has 9 heteroatoms. The summed E-state index contributed by atoms with van der Waals surface area (Å²) in [5, 5.41) is 5.36. The van der Waals surface area contributed by atoms with Crippen molar-refractivity contribution >= 4 is 44.0 Å². The number of halogens is 1. The molecule has 0 unspecified atom stereocenters. The molecule has 24 heavy (non-hydrogen) atoms. The van der Waals surface area contributed by atoms with Gasteiger partial charge >= 0.3 is 0 Å². The number of sulfonamides is 1. The van der Waals surface area contributed by atoms with E-state index in [1.165, 1.54) is 42.5 Å². The summed E-state index contributed by atoms with van der Waals surface area (Å²) in [6, 6.07) is 4.76. The van der Waals surface area contributed by atoms with E-state index in [1.54, 1.807) is 0 Å². The normalized spacial score (nSPS) is 13.0. The van der Waals surface area contributed by atoms with Gasteiger partial charge in [0.15, 0.2) is 5.13 Å². The highest BCUT2D eigenvalue weighted by Crippen LogP contribution is 2.21. The van der Waals surface area contributed by atoms with Gasteiger partial charge in [-0.3, -0.25) is 4.79 Å². The van der Waals surface area contributed by atoms with E-state index in [-0.39, 0.29) is 10.8 Å². The predicted octanol–water partition coefficient (Wildman–Crippen LogP) is 3.23. The molecule has 1 aromatic carbocycles. The van der Waals surface area contributed by atoms with Crippen LogP contribution in [0.1, 0.15) is 32.4 Å². The number of carbonyl (C=O) groups excluding carboxylic acids is 1. The second-order valence-electron chi connectivity index (χ2n) is 5.52. The maximum atomic E-state index is 12.3. The third-order valence-electron chi connectivity index (χ3n) is 3.19. The van der Waals surface area contributed by atoms with Crippen molar-refractivity contribution in [1.29, 1.82) is 0 Å². The minimum Gasteiger partial charge on any atom is -0.301 e. The minimum atomic E-state index is -3.81. The van der Waals surface area contributed by atoms with E-state index in [0.717, 1.165) is 5.69 Å². The van der Waals surface area contributed by atoms with Crippen LogP contribution >= 0.6 is 22.9 Å². The molecule has 2 aromatic rings. The van der Waals surface area contributed by atoms with E-state index in [4.69, 9.17) is 11.6 Å². The molecule has 0 saturated carbocycles. The van der Waals surface area contributed by atoms with Crippen LogP contribution in [-0.4, -0.2) is 25.4 Å². The molecule has 130 valence electrons. The molecule has 0 aliphatic carbocycles. The van der Waals surface area contributed by atoms with E-state index < -0.39 is 22.0 Å². The number of thiazole rings is 1. The molecule has 2 N–H and O–H groups in total. The van der Waals surface area contributed by atoms with Gasteiger partial charge < -0.3 is 5.32 Å². The molecule has 0 aliphatic rings. The number of amides is 1. The fourth-order valence-corrected chi connectivity index (χ4v) is 3.99. The quantitative estimate of drug-likeness (QED) is 0.796. The molecular formula is C15H18ClN3O3S2. The SMILES string of the molecule is CC(C)c1csc(NC(=O)[C@H](C)NS(=O)(=O)c2ccc(Cl)cc2)n1. The highest BCUT2D eigenvalue weighted by atomic mass is 35.5. The van der Waals surface area contributed by atoms with Crippen molar-refractivity contribution in [3.8, 4) is 0 Å². The Balaban J connectivity index is 2.03. The zero-order valence-corrected chi connectivity index (χ0v) is 15.8. The smallest absolute Gasteiger partial charge is 0.244 e. The lowest BCUT2D eigenvalue weighted by Crippen LogP contribution is -2.41. The first-order chi connectivity index (χ1) is 11.2. The van der Waals surface area contributed by atoms with Crippen molar-refractivity contribution in [2.45, 2.75) is 37.6 Å². The summed E-state index contributed by atoms with van der Waals surface area (Å²) >= 11 is 7.05. The van der Waals surface area contributed by atoms with Gasteiger partial charge in [0, 0.05) is 10.4 Å². The number of hydrogen-bond acceptors (Lipinski definition) is 5. The van der Waals surface area contributed by atoms with Gasteiger partial charge in [-0.1, -0.05) is 25.4 Å². The Hall–Kier alpha value is -1.48. The Morgan fingerprint density at radius 1 is 1.21 bits per heavy atom. The van der Waals surface area contributed by atoms with E-state index in [1.807, 2.05) is 19.2 Å². The van der Waals surface area contributed by atoms with Crippen LogP contribution in [-0.2, 0) is 14.8 Å². The van der Waals surface area contributed by atoms with Crippen molar-refractivity contribution in [2.24, 2.45) is 0 Å². The average Bonchev–Trinajstić information content (AvgIpc) is 2.96. The van der Waals surface area contributed by atoms with E-state index in [0.29, 0.717) is 10.2 Å². The number of rotatable bonds is 6. The van der Waals surface area contributed by atoms with Gasteiger partial charge in [-0.15, -0.1) is 11.3 Å². The van der Waals surface area contributed by atoms with Crippen LogP contribution < -0.4 is 10.0 Å². The van der Waals surface area contributed by atoms with Gasteiger partial charge in [0.2, 0.25) is 15.9 Å². The Labute approximate surface area is 150 Å². The molecule has 1 heterocycles. The molecule has 0 aliphatic heterocycles. The molecule has 1 amide bonds. The Bertz CT molecular complexity index is 817.